The molecular weight excluding hydrogens is 460 g/mol. The van der Waals surface area contributed by atoms with Gasteiger partial charge in [0.2, 0.25) is 0 Å². The van der Waals surface area contributed by atoms with E-state index < -0.39 is 34.4 Å². The minimum Gasteiger partial charge on any atom is -0.496 e. The highest BCUT2D eigenvalue weighted by Gasteiger charge is 2.33. The van der Waals surface area contributed by atoms with Crippen molar-refractivity contribution in [1.29, 1.82) is 0 Å². The van der Waals surface area contributed by atoms with Crippen molar-refractivity contribution in [2.45, 2.75) is 12.4 Å². The Bertz CT molecular complexity index is 1140. The van der Waals surface area contributed by atoms with Gasteiger partial charge in [0.15, 0.2) is 0 Å². The third kappa shape index (κ3) is 5.16. The van der Waals surface area contributed by atoms with Gasteiger partial charge in [-0.2, -0.15) is 26.3 Å². The predicted molar refractivity (Wildman–Crippen MR) is 108 cm³/mol. The van der Waals surface area contributed by atoms with Gasteiger partial charge < -0.3 is 10.1 Å². The zero-order chi connectivity index (χ0) is 23.7. The van der Waals surface area contributed by atoms with E-state index in [2.05, 4.69) is 5.32 Å². The van der Waals surface area contributed by atoms with Crippen LogP contribution in [0.25, 0.3) is 11.1 Å². The molecule has 168 valence electrons. The number of benzene rings is 3. The fourth-order valence-electron chi connectivity index (χ4n) is 2.93. The van der Waals surface area contributed by atoms with Crippen molar-refractivity contribution in [1.82, 2.24) is 0 Å². The van der Waals surface area contributed by atoms with Gasteiger partial charge in [-0.15, -0.1) is 0 Å². The number of nitrogens with one attached hydrogen (secondary N) is 1. The summed E-state index contributed by atoms with van der Waals surface area (Å²) < 4.78 is 82.9. The van der Waals surface area contributed by atoms with Gasteiger partial charge in [0.05, 0.1) is 23.3 Å². The Kier molecular flexibility index (Phi) is 6.41. The highest BCUT2D eigenvalue weighted by Crippen LogP contribution is 2.39. The van der Waals surface area contributed by atoms with Crippen molar-refractivity contribution >= 4 is 23.2 Å². The molecule has 0 aliphatic heterocycles. The topological polar surface area (TPSA) is 38.3 Å². The molecule has 0 spiro atoms. The van der Waals surface area contributed by atoms with Crippen LogP contribution in [-0.4, -0.2) is 13.0 Å². The van der Waals surface area contributed by atoms with Gasteiger partial charge in [-0.1, -0.05) is 17.7 Å². The van der Waals surface area contributed by atoms with Gasteiger partial charge in [-0.25, -0.2) is 0 Å². The second-order valence-electron chi connectivity index (χ2n) is 6.64. The second-order valence-corrected chi connectivity index (χ2v) is 7.04. The molecule has 0 radical (unpaired) electrons. The molecule has 0 atom stereocenters. The van der Waals surface area contributed by atoms with E-state index >= 15 is 0 Å². The zero-order valence-electron chi connectivity index (χ0n) is 16.2. The van der Waals surface area contributed by atoms with E-state index in [0.717, 1.165) is 36.4 Å². The molecule has 0 heterocycles. The molecule has 0 saturated heterocycles. The lowest BCUT2D eigenvalue weighted by Gasteiger charge is -2.14. The number of anilines is 1. The predicted octanol–water partition coefficient (Wildman–Crippen LogP) is 7.31. The normalized spacial score (nSPS) is 11.9. The van der Waals surface area contributed by atoms with Crippen molar-refractivity contribution in [3.8, 4) is 16.9 Å². The van der Waals surface area contributed by atoms with E-state index in [1.54, 1.807) is 0 Å². The number of alkyl halides is 6. The van der Waals surface area contributed by atoms with Crippen LogP contribution >= 0.6 is 11.6 Å². The van der Waals surface area contributed by atoms with Crippen LogP contribution in [0.2, 0.25) is 5.02 Å². The van der Waals surface area contributed by atoms with Crippen LogP contribution < -0.4 is 10.1 Å². The summed E-state index contributed by atoms with van der Waals surface area (Å²) in [7, 11) is 1.32. The monoisotopic (exact) mass is 473 g/mol. The summed E-state index contributed by atoms with van der Waals surface area (Å²) in [6.45, 7) is 0. The molecule has 1 amide bonds. The molecule has 3 rings (SSSR count). The quantitative estimate of drug-likeness (QED) is 0.404. The number of amides is 1. The van der Waals surface area contributed by atoms with Gasteiger partial charge in [0.25, 0.3) is 5.91 Å². The van der Waals surface area contributed by atoms with Crippen molar-refractivity contribution in [2.75, 3.05) is 12.4 Å². The number of methoxy groups -OCH3 is 1. The smallest absolute Gasteiger partial charge is 0.417 e. The van der Waals surface area contributed by atoms with Crippen molar-refractivity contribution < 1.29 is 35.9 Å². The number of hydrogen-bond acceptors (Lipinski definition) is 2. The molecule has 0 aliphatic carbocycles. The molecule has 3 aromatic carbocycles. The van der Waals surface area contributed by atoms with E-state index in [1.165, 1.54) is 31.4 Å². The lowest BCUT2D eigenvalue weighted by Crippen LogP contribution is -2.12. The molecule has 10 heteroatoms. The van der Waals surface area contributed by atoms with E-state index in [4.69, 9.17) is 16.3 Å². The molecule has 0 aliphatic rings. The number of ether oxygens (including phenoxy) is 1. The minimum absolute atomic E-state index is 0.0595. The van der Waals surface area contributed by atoms with Gasteiger partial charge in [-0.05, 0) is 60.2 Å². The van der Waals surface area contributed by atoms with Crippen LogP contribution in [0.15, 0.2) is 60.7 Å². The fraction of sp³-hybridized carbons (Fsp3) is 0.136. The maximum Gasteiger partial charge on any atom is 0.417 e. The standard InChI is InChI=1S/C22H14ClF6NO2/c1-32-19-9-3-13(20(31)30-15-6-4-14(5-7-15)21(24,25)26)10-16(19)12-2-8-18(23)17(11-12)22(27,28)29/h2-11H,1H3,(H,30,31). The lowest BCUT2D eigenvalue weighted by atomic mass is 9.99. The number of halogens is 7. The lowest BCUT2D eigenvalue weighted by molar-refractivity contribution is -0.138. The third-order valence-corrected chi connectivity index (χ3v) is 4.84. The van der Waals surface area contributed by atoms with Gasteiger partial charge in [-0.3, -0.25) is 4.79 Å². The van der Waals surface area contributed by atoms with Gasteiger partial charge in [0.1, 0.15) is 5.75 Å². The first-order chi connectivity index (χ1) is 14.9. The summed E-state index contributed by atoms with van der Waals surface area (Å²) in [6, 6.07) is 11.2. The van der Waals surface area contributed by atoms with E-state index in [9.17, 15) is 31.1 Å². The van der Waals surface area contributed by atoms with Crippen molar-refractivity contribution in [3.63, 3.8) is 0 Å². The molecule has 0 bridgehead atoms. The summed E-state index contributed by atoms with van der Waals surface area (Å²) in [4.78, 5) is 12.6. The summed E-state index contributed by atoms with van der Waals surface area (Å²) in [5.41, 5.74) is -1.42. The molecule has 0 fully saturated rings. The zero-order valence-corrected chi connectivity index (χ0v) is 17.0. The maximum absolute atomic E-state index is 13.2. The van der Waals surface area contributed by atoms with Gasteiger partial charge in [0, 0.05) is 16.8 Å². The summed E-state index contributed by atoms with van der Waals surface area (Å²) in [6.07, 6.45) is -9.20. The highest BCUT2D eigenvalue weighted by atomic mass is 35.5. The fourth-order valence-corrected chi connectivity index (χ4v) is 3.16. The van der Waals surface area contributed by atoms with Gasteiger partial charge >= 0.3 is 12.4 Å². The molecule has 0 aromatic heterocycles. The molecule has 32 heavy (non-hydrogen) atoms. The molecule has 0 saturated carbocycles. The Morgan fingerprint density at radius 1 is 0.875 bits per heavy atom. The van der Waals surface area contributed by atoms with Crippen molar-refractivity contribution in [3.05, 3.63) is 82.4 Å². The Labute approximate surface area is 183 Å². The van der Waals surface area contributed by atoms with Crippen LogP contribution in [0.1, 0.15) is 21.5 Å². The SMILES string of the molecule is COc1ccc(C(=O)Nc2ccc(C(F)(F)F)cc2)cc1-c1ccc(Cl)c(C(F)(F)F)c1. The van der Waals surface area contributed by atoms with Crippen LogP contribution in [-0.2, 0) is 12.4 Å². The molecule has 1 N–H and O–H groups in total. The largest absolute Gasteiger partial charge is 0.496 e. The number of hydrogen-bond donors (Lipinski definition) is 1. The molecular formula is C22H14ClF6NO2. The average Bonchev–Trinajstić information content (AvgIpc) is 2.72. The number of carbonyl (C=O) groups is 1. The summed E-state index contributed by atoms with van der Waals surface area (Å²) >= 11 is 5.67. The Morgan fingerprint density at radius 3 is 2.09 bits per heavy atom. The van der Waals surface area contributed by atoms with E-state index in [0.29, 0.717) is 0 Å². The maximum atomic E-state index is 13.2. The third-order valence-electron chi connectivity index (χ3n) is 4.51. The van der Waals surface area contributed by atoms with Crippen LogP contribution in [0, 0.1) is 0 Å². The van der Waals surface area contributed by atoms with E-state index in [-0.39, 0.29) is 28.1 Å². The number of rotatable bonds is 4. The first-order valence-electron chi connectivity index (χ1n) is 8.94. The van der Waals surface area contributed by atoms with Crippen LogP contribution in [0.3, 0.4) is 0 Å². The summed E-state index contributed by atoms with van der Waals surface area (Å²) in [5, 5.41) is 1.97. The molecule has 0 unspecified atom stereocenters. The Balaban J connectivity index is 1.94. The summed E-state index contributed by atoms with van der Waals surface area (Å²) in [5.74, 6) is -0.454. The van der Waals surface area contributed by atoms with Crippen LogP contribution in [0.5, 0.6) is 5.75 Å². The van der Waals surface area contributed by atoms with Crippen LogP contribution in [0.4, 0.5) is 32.0 Å². The number of carbonyl (C=O) groups excluding carboxylic acids is 1. The Morgan fingerprint density at radius 2 is 1.53 bits per heavy atom. The first kappa shape index (κ1) is 23.5. The first-order valence-corrected chi connectivity index (χ1v) is 9.31. The highest BCUT2D eigenvalue weighted by molar-refractivity contribution is 6.31. The molecule has 3 aromatic rings. The minimum atomic E-state index is -4.68. The van der Waals surface area contributed by atoms with Crippen molar-refractivity contribution in [2.24, 2.45) is 0 Å². The second kappa shape index (κ2) is 8.74. The average molecular weight is 474 g/mol. The molecule has 3 nitrogen and oxygen atoms in total. The Hall–Kier alpha value is -3.20. The van der Waals surface area contributed by atoms with E-state index in [1.807, 2.05) is 0 Å².